The maximum atomic E-state index is 12.3. The third-order valence-electron chi connectivity index (χ3n) is 2.69. The summed E-state index contributed by atoms with van der Waals surface area (Å²) in [5, 5.41) is 2.51. The molecule has 0 radical (unpaired) electrons. The van der Waals surface area contributed by atoms with Gasteiger partial charge in [0, 0.05) is 32.3 Å². The maximum Gasteiger partial charge on any atom is 0.407 e. The molecule has 2 aromatic carbocycles. The zero-order valence-electron chi connectivity index (χ0n) is 12.4. The number of hydrogen-bond acceptors (Lipinski definition) is 4. The summed E-state index contributed by atoms with van der Waals surface area (Å²) in [5.74, 6) is 0. The summed E-state index contributed by atoms with van der Waals surface area (Å²) in [6.07, 6.45) is -3.42. The predicted octanol–water partition coefficient (Wildman–Crippen LogP) is 4.73. The van der Waals surface area contributed by atoms with Crippen LogP contribution in [0.15, 0.2) is 65.6 Å². The third kappa shape index (κ3) is 7.87. The van der Waals surface area contributed by atoms with E-state index in [1.165, 1.54) is 11.4 Å². The van der Waals surface area contributed by atoms with Gasteiger partial charge in [-0.25, -0.2) is 4.79 Å². The predicted molar refractivity (Wildman–Crippen MR) is 89.9 cm³/mol. The van der Waals surface area contributed by atoms with Gasteiger partial charge in [-0.2, -0.15) is 0 Å². The first kappa shape index (κ1) is 20.0. The van der Waals surface area contributed by atoms with E-state index in [9.17, 15) is 9.36 Å². The molecule has 0 aromatic heterocycles. The first-order valence-electron chi connectivity index (χ1n) is 6.68. The van der Waals surface area contributed by atoms with E-state index < -0.39 is 12.4 Å². The molecule has 0 aliphatic carbocycles. The Morgan fingerprint density at radius 1 is 1.09 bits per heavy atom. The smallest absolute Gasteiger partial charge is 0.407 e. The Labute approximate surface area is 154 Å². The molecule has 0 saturated carbocycles. The van der Waals surface area contributed by atoms with Gasteiger partial charge in [0.05, 0.1) is 6.29 Å². The van der Waals surface area contributed by atoms with Crippen molar-refractivity contribution >= 4 is 23.8 Å². The van der Waals surface area contributed by atoms with Gasteiger partial charge in [0.1, 0.15) is 6.61 Å². The standard InChI is InChI=1S/C16H17NO3PS.W/c1-21(19,22-15-10-6-3-7-11-15)13-17-16(18)20-12-14-8-4-2-5-9-14;/h2-11H,1,12-13H2,(H,17,18);/q-1;. The monoisotopic (exact) mass is 518 g/mol. The molecule has 1 atom stereocenters. The van der Waals surface area contributed by atoms with Crippen molar-refractivity contribution in [1.29, 1.82) is 0 Å². The molecule has 122 valence electrons. The Hall–Kier alpha value is -1.02. The van der Waals surface area contributed by atoms with E-state index >= 15 is 0 Å². The second-order valence-corrected chi connectivity index (χ2v) is 9.76. The fraction of sp³-hybridized carbons (Fsp3) is 0.125. The summed E-state index contributed by atoms with van der Waals surface area (Å²) in [6.45, 7) is 3.88. The molecule has 7 heteroatoms. The molecule has 2 aromatic rings. The SMILES string of the molecule is [CH2-]P(=O)(CNC(=O)OCc1ccccc1)Sc1ccccc1.[W]. The Kier molecular flexibility index (Phi) is 8.68. The molecule has 1 N–H and O–H groups in total. The normalized spacial score (nSPS) is 12.6. The van der Waals surface area contributed by atoms with Gasteiger partial charge in [-0.05, 0) is 17.7 Å². The van der Waals surface area contributed by atoms with Gasteiger partial charge in [-0.15, -0.1) is 0 Å². The minimum Gasteiger partial charge on any atom is -0.445 e. The van der Waals surface area contributed by atoms with Crippen LogP contribution in [0.25, 0.3) is 0 Å². The fourth-order valence-corrected chi connectivity index (χ4v) is 4.67. The van der Waals surface area contributed by atoms with E-state index in [4.69, 9.17) is 4.74 Å². The zero-order chi connectivity index (χ0) is 15.8. The summed E-state index contributed by atoms with van der Waals surface area (Å²) in [4.78, 5) is 12.5. The van der Waals surface area contributed by atoms with E-state index in [1.807, 2.05) is 60.7 Å². The second kappa shape index (κ2) is 9.97. The molecular weight excluding hydrogens is 501 g/mol. The number of benzene rings is 2. The van der Waals surface area contributed by atoms with Crippen molar-refractivity contribution in [2.45, 2.75) is 11.5 Å². The molecule has 0 spiro atoms. The van der Waals surface area contributed by atoms with E-state index in [0.717, 1.165) is 10.5 Å². The minimum atomic E-state index is -2.81. The summed E-state index contributed by atoms with van der Waals surface area (Å²) >= 11 is 1.18. The molecule has 0 aliphatic rings. The Morgan fingerprint density at radius 2 is 1.65 bits per heavy atom. The molecule has 2 rings (SSSR count). The van der Waals surface area contributed by atoms with Crippen LogP contribution in [-0.2, 0) is 37.0 Å². The maximum absolute atomic E-state index is 12.3. The van der Waals surface area contributed by atoms with Crippen LogP contribution in [0.2, 0.25) is 0 Å². The van der Waals surface area contributed by atoms with E-state index in [1.54, 1.807) is 0 Å². The Bertz CT molecular complexity index is 655. The van der Waals surface area contributed by atoms with Crippen LogP contribution in [0.1, 0.15) is 5.56 Å². The zero-order valence-corrected chi connectivity index (χ0v) is 17.0. The van der Waals surface area contributed by atoms with Crippen LogP contribution >= 0.6 is 17.7 Å². The van der Waals surface area contributed by atoms with Crippen LogP contribution in [0.3, 0.4) is 0 Å². The van der Waals surface area contributed by atoms with Gasteiger partial charge >= 0.3 is 6.09 Å². The first-order valence-corrected chi connectivity index (χ1v) is 10.2. The fourth-order valence-electron chi connectivity index (χ4n) is 1.66. The van der Waals surface area contributed by atoms with Crippen LogP contribution < -0.4 is 5.32 Å². The Balaban J connectivity index is 0.00000264. The summed E-state index contributed by atoms with van der Waals surface area (Å²) < 4.78 is 17.4. The summed E-state index contributed by atoms with van der Waals surface area (Å²) in [6, 6.07) is 18.7. The van der Waals surface area contributed by atoms with Gasteiger partial charge in [0.25, 0.3) is 0 Å². The van der Waals surface area contributed by atoms with Crippen LogP contribution in [0.4, 0.5) is 4.79 Å². The molecule has 0 fully saturated rings. The third-order valence-corrected chi connectivity index (χ3v) is 6.17. The van der Waals surface area contributed by atoms with E-state index in [2.05, 4.69) is 12.0 Å². The molecule has 0 bridgehead atoms. The average Bonchev–Trinajstić information content (AvgIpc) is 2.53. The number of alkyl carbamates (subject to hydrolysis) is 1. The van der Waals surface area contributed by atoms with Crippen LogP contribution in [0, 0.1) is 6.66 Å². The molecule has 0 heterocycles. The van der Waals surface area contributed by atoms with Crippen molar-refractivity contribution in [3.63, 3.8) is 0 Å². The number of ether oxygens (including phenoxy) is 1. The summed E-state index contributed by atoms with van der Waals surface area (Å²) in [7, 11) is 0. The van der Waals surface area contributed by atoms with Gasteiger partial charge in [0.15, 0.2) is 0 Å². The van der Waals surface area contributed by atoms with Gasteiger partial charge in [0.2, 0.25) is 0 Å². The molecule has 1 unspecified atom stereocenters. The van der Waals surface area contributed by atoms with Crippen molar-refractivity contribution in [2.24, 2.45) is 0 Å². The molecule has 4 nitrogen and oxygen atoms in total. The Morgan fingerprint density at radius 3 is 2.26 bits per heavy atom. The minimum absolute atomic E-state index is 0. The topological polar surface area (TPSA) is 55.4 Å². The van der Waals surface area contributed by atoms with Crippen molar-refractivity contribution < 1.29 is 35.2 Å². The van der Waals surface area contributed by atoms with Crippen molar-refractivity contribution in [1.82, 2.24) is 5.32 Å². The molecule has 0 saturated heterocycles. The van der Waals surface area contributed by atoms with E-state index in [-0.39, 0.29) is 34.0 Å². The van der Waals surface area contributed by atoms with Gasteiger partial charge in [-0.3, -0.25) is 6.66 Å². The quantitative estimate of drug-likeness (QED) is 0.444. The number of carbonyl (C=O) groups excluding carboxylic acids is 1. The molecule has 0 aliphatic heterocycles. The molecular formula is C16H17NO3PSW-. The molecule has 23 heavy (non-hydrogen) atoms. The number of amides is 1. The van der Waals surface area contributed by atoms with Crippen molar-refractivity contribution in [3.8, 4) is 0 Å². The van der Waals surface area contributed by atoms with Crippen LogP contribution in [-0.4, -0.2) is 12.4 Å². The van der Waals surface area contributed by atoms with Crippen molar-refractivity contribution in [2.75, 3.05) is 6.29 Å². The number of rotatable bonds is 6. The number of hydrogen-bond donors (Lipinski definition) is 1. The van der Waals surface area contributed by atoms with Crippen LogP contribution in [0.5, 0.6) is 0 Å². The second-order valence-electron chi connectivity index (χ2n) is 4.62. The first-order chi connectivity index (χ1) is 10.6. The number of carbonyl (C=O) groups is 1. The van der Waals surface area contributed by atoms with Gasteiger partial charge < -0.3 is 14.6 Å². The van der Waals surface area contributed by atoms with Crippen molar-refractivity contribution in [3.05, 3.63) is 72.9 Å². The number of nitrogens with one attached hydrogen (secondary N) is 1. The summed E-state index contributed by atoms with van der Waals surface area (Å²) in [5.41, 5.74) is 0.897. The largest absolute Gasteiger partial charge is 0.445 e. The molecule has 1 amide bonds. The van der Waals surface area contributed by atoms with Gasteiger partial charge in [-0.1, -0.05) is 59.9 Å². The van der Waals surface area contributed by atoms with E-state index in [0.29, 0.717) is 0 Å². The average molecular weight is 518 g/mol.